The van der Waals surface area contributed by atoms with Crippen LogP contribution in [0.5, 0.6) is 0 Å². The molecule has 0 aliphatic carbocycles. The molecule has 0 amide bonds. The molecule has 4 heteroatoms. The van der Waals surface area contributed by atoms with E-state index in [1.165, 1.54) is 21.4 Å². The van der Waals surface area contributed by atoms with E-state index >= 15 is 0 Å². The van der Waals surface area contributed by atoms with Crippen LogP contribution in [0.3, 0.4) is 0 Å². The van der Waals surface area contributed by atoms with Crippen molar-refractivity contribution in [2.45, 2.75) is 9.92 Å². The first-order valence-corrected chi connectivity index (χ1v) is 10.2. The molecule has 2 aromatic carbocycles. The number of hydrogen-bond donors (Lipinski definition) is 0. The maximum absolute atomic E-state index is 4.96. The van der Waals surface area contributed by atoms with E-state index in [1.54, 1.807) is 11.8 Å². The summed E-state index contributed by atoms with van der Waals surface area (Å²) in [5.41, 5.74) is 3.53. The monoisotopic (exact) mass is 354 g/mol. The number of fused-ring (bicyclic) bond motifs is 1. The van der Waals surface area contributed by atoms with Crippen LogP contribution in [-0.4, -0.2) is 42.5 Å². The quantitative estimate of drug-likeness (QED) is 0.560. The predicted octanol–water partition coefficient (Wildman–Crippen LogP) is 5.28. The first kappa shape index (κ1) is 17.3. The van der Waals surface area contributed by atoms with E-state index < -0.39 is 0 Å². The van der Waals surface area contributed by atoms with E-state index in [0.717, 1.165) is 22.8 Å². The second-order valence-electron chi connectivity index (χ2n) is 5.92. The van der Waals surface area contributed by atoms with Crippen molar-refractivity contribution in [1.29, 1.82) is 0 Å². The fourth-order valence-electron chi connectivity index (χ4n) is 2.52. The van der Waals surface area contributed by atoms with E-state index in [9.17, 15) is 0 Å². The Hall–Kier alpha value is -1.49. The number of rotatable bonds is 6. The number of pyridine rings is 1. The van der Waals surface area contributed by atoms with Crippen molar-refractivity contribution in [1.82, 2.24) is 9.88 Å². The zero-order chi connectivity index (χ0) is 16.9. The lowest BCUT2D eigenvalue weighted by molar-refractivity contribution is 0.437. The Labute approximate surface area is 152 Å². The van der Waals surface area contributed by atoms with Gasteiger partial charge in [0.05, 0.1) is 5.52 Å². The molecule has 3 aromatic rings. The van der Waals surface area contributed by atoms with Crippen LogP contribution >= 0.6 is 23.5 Å². The van der Waals surface area contributed by atoms with Crippen LogP contribution in [0.4, 0.5) is 0 Å². The highest BCUT2D eigenvalue weighted by molar-refractivity contribution is 7.99. The summed E-state index contributed by atoms with van der Waals surface area (Å²) < 4.78 is 0. The molecule has 124 valence electrons. The number of thioether (sulfide) groups is 2. The van der Waals surface area contributed by atoms with E-state index in [2.05, 4.69) is 79.8 Å². The van der Waals surface area contributed by atoms with Crippen LogP contribution in [0.25, 0.3) is 22.0 Å². The van der Waals surface area contributed by atoms with Gasteiger partial charge in [-0.15, -0.1) is 23.5 Å². The van der Waals surface area contributed by atoms with Gasteiger partial charge in [-0.05, 0) is 50.2 Å². The van der Waals surface area contributed by atoms with E-state index in [4.69, 9.17) is 4.98 Å². The van der Waals surface area contributed by atoms with Gasteiger partial charge in [0.2, 0.25) is 0 Å². The third-order valence-corrected chi connectivity index (χ3v) is 5.55. The van der Waals surface area contributed by atoms with Crippen LogP contribution in [0.15, 0.2) is 64.5 Å². The van der Waals surface area contributed by atoms with Gasteiger partial charge in [-0.3, -0.25) is 0 Å². The van der Waals surface area contributed by atoms with Crippen molar-refractivity contribution in [3.63, 3.8) is 0 Å². The maximum atomic E-state index is 4.96. The number of benzene rings is 2. The number of hydrogen-bond acceptors (Lipinski definition) is 4. The molecule has 24 heavy (non-hydrogen) atoms. The normalized spacial score (nSPS) is 11.3. The third-order valence-electron chi connectivity index (χ3n) is 3.85. The van der Waals surface area contributed by atoms with Crippen molar-refractivity contribution < 1.29 is 0 Å². The summed E-state index contributed by atoms with van der Waals surface area (Å²) >= 11 is 3.61. The van der Waals surface area contributed by atoms with Crippen LogP contribution in [0.2, 0.25) is 0 Å². The minimum Gasteiger partial charge on any atom is -0.309 e. The van der Waals surface area contributed by atoms with E-state index in [-0.39, 0.29) is 0 Å². The van der Waals surface area contributed by atoms with Crippen LogP contribution < -0.4 is 0 Å². The topological polar surface area (TPSA) is 16.1 Å². The largest absolute Gasteiger partial charge is 0.309 e. The van der Waals surface area contributed by atoms with Gasteiger partial charge in [-0.1, -0.05) is 30.3 Å². The zero-order valence-corrected chi connectivity index (χ0v) is 16.0. The summed E-state index contributed by atoms with van der Waals surface area (Å²) in [5, 5.41) is 2.32. The summed E-state index contributed by atoms with van der Waals surface area (Å²) in [6.07, 6.45) is 2.11. The molecule has 3 rings (SSSR count). The molecule has 0 aliphatic rings. The van der Waals surface area contributed by atoms with Crippen LogP contribution in [0.1, 0.15) is 0 Å². The summed E-state index contributed by atoms with van der Waals surface area (Å²) in [6, 6.07) is 19.4. The lowest BCUT2D eigenvalue weighted by atomic mass is 10.1. The average molecular weight is 355 g/mol. The first-order chi connectivity index (χ1) is 11.7. The molecule has 0 unspecified atom stereocenters. The Morgan fingerprint density at radius 2 is 1.79 bits per heavy atom. The lowest BCUT2D eigenvalue weighted by Gasteiger charge is -2.13. The van der Waals surface area contributed by atoms with E-state index in [0.29, 0.717) is 0 Å². The van der Waals surface area contributed by atoms with Gasteiger partial charge in [-0.2, -0.15) is 0 Å². The highest BCUT2D eigenvalue weighted by Gasteiger charge is 2.10. The minimum absolute atomic E-state index is 1.04. The smallest absolute Gasteiger partial charge is 0.105 e. The van der Waals surface area contributed by atoms with Gasteiger partial charge >= 0.3 is 0 Å². The van der Waals surface area contributed by atoms with Crippen LogP contribution in [-0.2, 0) is 0 Å². The van der Waals surface area contributed by atoms with Crippen molar-refractivity contribution in [3.8, 4) is 11.1 Å². The molecule has 0 bridgehead atoms. The Bertz CT molecular complexity index is 816. The molecule has 0 atom stereocenters. The molecule has 0 spiro atoms. The van der Waals surface area contributed by atoms with Crippen molar-refractivity contribution >= 4 is 34.4 Å². The molecule has 0 saturated heterocycles. The molecule has 0 N–H and O–H groups in total. The molecule has 2 nitrogen and oxygen atoms in total. The molecule has 0 aliphatic heterocycles. The number of aromatic nitrogens is 1. The Morgan fingerprint density at radius 1 is 1.00 bits per heavy atom. The third kappa shape index (κ3) is 4.12. The van der Waals surface area contributed by atoms with Gasteiger partial charge in [0.15, 0.2) is 0 Å². The molecule has 1 heterocycles. The summed E-state index contributed by atoms with van der Waals surface area (Å²) in [5.74, 6) is 1.04. The van der Waals surface area contributed by atoms with Crippen molar-refractivity contribution in [2.24, 2.45) is 0 Å². The fourth-order valence-corrected chi connectivity index (χ4v) is 4.12. The highest BCUT2D eigenvalue weighted by atomic mass is 32.2. The molecule has 0 radical (unpaired) electrons. The molecule has 0 saturated carbocycles. The average Bonchev–Trinajstić information content (AvgIpc) is 2.61. The second-order valence-corrected chi connectivity index (χ2v) is 7.88. The van der Waals surface area contributed by atoms with Crippen molar-refractivity contribution in [2.75, 3.05) is 32.6 Å². The second kappa shape index (κ2) is 8.06. The highest BCUT2D eigenvalue weighted by Crippen LogP contribution is 2.33. The molecular weight excluding hydrogens is 332 g/mol. The summed E-state index contributed by atoms with van der Waals surface area (Å²) in [7, 11) is 4.22. The summed E-state index contributed by atoms with van der Waals surface area (Å²) in [4.78, 5) is 8.44. The molecule has 1 aromatic heterocycles. The number of nitrogens with zero attached hydrogens (tertiary/aromatic N) is 2. The standard InChI is InChI=1S/C20H22N2S2/c1-22(2)11-12-24-20-18(15-7-5-4-6-8-15)14-16-13-17(23-3)9-10-19(16)21-20/h4-10,13-14H,11-12H2,1-3H3. The van der Waals surface area contributed by atoms with E-state index in [1.807, 2.05) is 11.8 Å². The van der Waals surface area contributed by atoms with Gasteiger partial charge in [0.25, 0.3) is 0 Å². The first-order valence-electron chi connectivity index (χ1n) is 7.99. The zero-order valence-electron chi connectivity index (χ0n) is 14.3. The van der Waals surface area contributed by atoms with Crippen molar-refractivity contribution in [3.05, 3.63) is 54.6 Å². The van der Waals surface area contributed by atoms with Gasteiger partial charge in [0.1, 0.15) is 5.03 Å². The fraction of sp³-hybridized carbons (Fsp3) is 0.250. The molecule has 0 fully saturated rings. The van der Waals surface area contributed by atoms with Crippen LogP contribution in [0, 0.1) is 0 Å². The predicted molar refractivity (Wildman–Crippen MR) is 108 cm³/mol. The Morgan fingerprint density at radius 3 is 2.50 bits per heavy atom. The Kier molecular flexibility index (Phi) is 5.82. The Balaban J connectivity index is 2.05. The van der Waals surface area contributed by atoms with Gasteiger partial charge in [0, 0.05) is 28.1 Å². The SMILES string of the molecule is CSc1ccc2nc(SCCN(C)C)c(-c3ccccc3)cc2c1. The van der Waals surface area contributed by atoms with Gasteiger partial charge < -0.3 is 4.90 Å². The maximum Gasteiger partial charge on any atom is 0.105 e. The summed E-state index contributed by atoms with van der Waals surface area (Å²) in [6.45, 7) is 1.05. The van der Waals surface area contributed by atoms with Gasteiger partial charge in [-0.25, -0.2) is 4.98 Å². The minimum atomic E-state index is 1.04. The molecular formula is C20H22N2S2. The lowest BCUT2D eigenvalue weighted by Crippen LogP contribution is -2.14.